The molecule has 2 aliphatic rings. The van der Waals surface area contributed by atoms with Crippen LogP contribution < -0.4 is 26.0 Å². The molecular weight excluding hydrogens is 604 g/mol. The van der Waals surface area contributed by atoms with Gasteiger partial charge in [-0.15, -0.1) is 10.2 Å². The van der Waals surface area contributed by atoms with Crippen molar-refractivity contribution in [3.63, 3.8) is 0 Å². The summed E-state index contributed by atoms with van der Waals surface area (Å²) in [7, 11) is 0. The maximum absolute atomic E-state index is 13.5. The van der Waals surface area contributed by atoms with Crippen molar-refractivity contribution in [2.75, 3.05) is 11.4 Å². The lowest BCUT2D eigenvalue weighted by molar-refractivity contribution is 0.171. The number of nitrogens with one attached hydrogen (secondary N) is 2. The van der Waals surface area contributed by atoms with Gasteiger partial charge in [-0.1, -0.05) is 57.2 Å². The van der Waals surface area contributed by atoms with Crippen molar-refractivity contribution in [1.82, 2.24) is 25.2 Å². The van der Waals surface area contributed by atoms with Crippen molar-refractivity contribution in [3.05, 3.63) is 95.3 Å². The molecule has 0 radical (unpaired) electrons. The molecule has 252 valence electrons. The molecule has 48 heavy (non-hydrogen) atoms. The number of aliphatic hydroxyl groups excluding tert-OH is 1. The van der Waals surface area contributed by atoms with E-state index in [4.69, 9.17) is 10.5 Å². The van der Waals surface area contributed by atoms with Crippen molar-refractivity contribution in [3.8, 4) is 5.75 Å². The van der Waals surface area contributed by atoms with Crippen molar-refractivity contribution < 1.29 is 14.6 Å². The van der Waals surface area contributed by atoms with Crippen molar-refractivity contribution in [2.45, 2.75) is 84.6 Å². The van der Waals surface area contributed by atoms with Crippen LogP contribution in [-0.4, -0.2) is 44.2 Å². The van der Waals surface area contributed by atoms with Gasteiger partial charge in [0.15, 0.2) is 5.65 Å². The number of nitrogens with two attached hydrogens (primary N) is 1. The lowest BCUT2D eigenvalue weighted by atomic mass is 9.85. The van der Waals surface area contributed by atoms with Gasteiger partial charge < -0.3 is 25.8 Å². The fraction of sp³-hybridized carbons (Fsp3) is 0.405. The van der Waals surface area contributed by atoms with Crippen LogP contribution in [0.3, 0.4) is 0 Å². The molecule has 0 unspecified atom stereocenters. The zero-order valence-corrected chi connectivity index (χ0v) is 28.2. The average molecular weight is 651 g/mol. The van der Waals surface area contributed by atoms with Gasteiger partial charge in [-0.25, -0.2) is 9.79 Å². The zero-order valence-electron chi connectivity index (χ0n) is 28.2. The number of hydrogen-bond donors (Lipinski definition) is 4. The predicted octanol–water partition coefficient (Wildman–Crippen LogP) is 6.47. The van der Waals surface area contributed by atoms with Crippen LogP contribution in [0.25, 0.3) is 5.65 Å². The number of nitrogens with zero attached hydrogens (tertiary/aromatic N) is 5. The van der Waals surface area contributed by atoms with E-state index in [2.05, 4.69) is 43.7 Å². The summed E-state index contributed by atoms with van der Waals surface area (Å²) >= 11 is 0. The smallest absolute Gasteiger partial charge is 0.320 e. The number of carbonyl (C=O) groups excluding carboxylic acids is 1. The van der Waals surface area contributed by atoms with Crippen LogP contribution in [0.2, 0.25) is 0 Å². The summed E-state index contributed by atoms with van der Waals surface area (Å²) in [6.45, 7) is 9.16. The minimum absolute atomic E-state index is 0.0561. The number of allylic oxidation sites excluding steroid dienone is 1. The number of hydrogen-bond acceptors (Lipinski definition) is 8. The lowest BCUT2D eigenvalue weighted by Gasteiger charge is -2.33. The van der Waals surface area contributed by atoms with Crippen LogP contribution in [0.15, 0.2) is 83.6 Å². The molecule has 6 rings (SSSR count). The highest BCUT2D eigenvalue weighted by molar-refractivity contribution is 6.05. The fourth-order valence-corrected chi connectivity index (χ4v) is 6.29. The van der Waals surface area contributed by atoms with E-state index in [-0.39, 0.29) is 30.2 Å². The number of benzene rings is 2. The number of amides is 2. The topological polar surface area (TPSA) is 142 Å². The van der Waals surface area contributed by atoms with Gasteiger partial charge in [-0.2, -0.15) is 0 Å². The van der Waals surface area contributed by atoms with Crippen LogP contribution in [0, 0.1) is 5.41 Å². The molecule has 3 heterocycles. The highest BCUT2D eigenvalue weighted by Crippen LogP contribution is 2.39. The first kappa shape index (κ1) is 33.0. The maximum atomic E-state index is 13.5. The fourth-order valence-electron chi connectivity index (χ4n) is 6.29. The Labute approximate surface area is 281 Å². The largest absolute Gasteiger partial charge is 0.484 e. The number of pyridine rings is 1. The molecule has 0 saturated carbocycles. The molecule has 2 amide bonds. The summed E-state index contributed by atoms with van der Waals surface area (Å²) in [6, 6.07) is 19.0. The molecule has 3 atom stereocenters. The second-order valence-corrected chi connectivity index (χ2v) is 13.8. The third kappa shape index (κ3) is 7.46. The minimum atomic E-state index is -0.379. The molecule has 1 aliphatic carbocycles. The molecule has 4 aromatic rings. The van der Waals surface area contributed by atoms with Crippen LogP contribution >= 0.6 is 0 Å². The quantitative estimate of drug-likeness (QED) is 0.133. The standard InChI is InChI=1S/C37H46N8O3/c1-24-9-7-8-20-44(24)36-43-42-34-19-16-27(22-45(34)36)48-31-18-17-30(28-10-5-6-11-29(28)31)40-35(47)41-33(21-32(38)37(2,3)4)39-26-14-12-25(23-46)13-15-26/h5-6,10-16,19,21-22,24,30-31,46H,7-9,17-18,20,23,38H2,1-4H3,(H2,39,40,41,47)/t24-,30-,31+/m0/s1. The maximum Gasteiger partial charge on any atom is 0.320 e. The minimum Gasteiger partial charge on any atom is -0.484 e. The first-order valence-electron chi connectivity index (χ1n) is 16.8. The Bertz CT molecular complexity index is 1810. The zero-order chi connectivity index (χ0) is 33.8. The summed E-state index contributed by atoms with van der Waals surface area (Å²) in [4.78, 5) is 20.4. The van der Waals surface area contributed by atoms with Gasteiger partial charge in [-0.3, -0.25) is 9.72 Å². The Morgan fingerprint density at radius 1 is 1.04 bits per heavy atom. The summed E-state index contributed by atoms with van der Waals surface area (Å²) in [5.41, 5.74) is 10.9. The summed E-state index contributed by atoms with van der Waals surface area (Å²) < 4.78 is 8.65. The van der Waals surface area contributed by atoms with E-state index in [1.807, 2.05) is 61.7 Å². The molecular formula is C37H46N8O3. The number of aliphatic imine (C=N–C) groups is 1. The number of carbonyl (C=O) groups is 1. The van der Waals surface area contributed by atoms with E-state index in [0.717, 1.165) is 53.4 Å². The predicted molar refractivity (Wildman–Crippen MR) is 188 cm³/mol. The molecule has 1 saturated heterocycles. The van der Waals surface area contributed by atoms with Crippen LogP contribution in [0.4, 0.5) is 16.4 Å². The SMILES string of the molecule is C[C@H]1CCCCN1c1nnc2ccc(O[C@@H]3CC[C@H](NC(=O)NC(C=C(N)C(C)(C)C)=Nc4ccc(CO)cc4)c4ccccc43)cn12. The Kier molecular flexibility index (Phi) is 9.68. The molecule has 1 aliphatic heterocycles. The molecule has 0 bridgehead atoms. The van der Waals surface area contributed by atoms with Crippen molar-refractivity contribution >= 4 is 29.1 Å². The van der Waals surface area contributed by atoms with E-state index in [9.17, 15) is 9.90 Å². The molecule has 2 aromatic carbocycles. The van der Waals surface area contributed by atoms with E-state index >= 15 is 0 Å². The molecule has 2 aromatic heterocycles. The van der Waals surface area contributed by atoms with Crippen molar-refractivity contribution in [1.29, 1.82) is 0 Å². The number of aromatic nitrogens is 3. The number of anilines is 1. The molecule has 11 nitrogen and oxygen atoms in total. The Balaban J connectivity index is 1.19. The monoisotopic (exact) mass is 650 g/mol. The number of fused-ring (bicyclic) bond motifs is 2. The normalized spacial score (nSPS) is 20.4. The van der Waals surface area contributed by atoms with Crippen molar-refractivity contribution in [2.24, 2.45) is 16.1 Å². The van der Waals surface area contributed by atoms with Gasteiger partial charge in [0.2, 0.25) is 5.95 Å². The summed E-state index contributed by atoms with van der Waals surface area (Å²) in [5, 5.41) is 24.4. The van der Waals surface area contributed by atoms with Gasteiger partial charge in [0.1, 0.15) is 17.7 Å². The van der Waals surface area contributed by atoms with Crippen LogP contribution in [0.1, 0.15) is 88.6 Å². The first-order valence-corrected chi connectivity index (χ1v) is 16.8. The Morgan fingerprint density at radius 2 is 1.81 bits per heavy atom. The van der Waals surface area contributed by atoms with Gasteiger partial charge in [0.05, 0.1) is 24.5 Å². The van der Waals surface area contributed by atoms with Gasteiger partial charge in [0, 0.05) is 29.8 Å². The highest BCUT2D eigenvalue weighted by Gasteiger charge is 2.30. The van der Waals surface area contributed by atoms with Gasteiger partial charge >= 0.3 is 6.03 Å². The van der Waals surface area contributed by atoms with E-state index < -0.39 is 0 Å². The highest BCUT2D eigenvalue weighted by atomic mass is 16.5. The summed E-state index contributed by atoms with van der Waals surface area (Å²) in [6.07, 6.45) is 8.44. The van der Waals surface area contributed by atoms with Gasteiger partial charge in [0.25, 0.3) is 0 Å². The van der Waals surface area contributed by atoms with Crippen LogP contribution in [-0.2, 0) is 6.61 Å². The van der Waals surface area contributed by atoms with E-state index in [1.165, 1.54) is 6.42 Å². The number of urea groups is 1. The van der Waals surface area contributed by atoms with E-state index in [1.54, 1.807) is 30.3 Å². The molecule has 1 fully saturated rings. The Hall–Kier alpha value is -4.90. The van der Waals surface area contributed by atoms with E-state index in [0.29, 0.717) is 36.1 Å². The number of piperidine rings is 1. The number of rotatable bonds is 7. The number of ether oxygens (including phenoxy) is 1. The molecule has 5 N–H and O–H groups in total. The third-order valence-electron chi connectivity index (χ3n) is 9.20. The lowest BCUT2D eigenvalue weighted by Crippen LogP contribution is -2.42. The van der Waals surface area contributed by atoms with Crippen LogP contribution in [0.5, 0.6) is 5.75 Å². The molecule has 11 heteroatoms. The molecule has 0 spiro atoms. The summed E-state index contributed by atoms with van der Waals surface area (Å²) in [5.74, 6) is 1.92. The Morgan fingerprint density at radius 3 is 2.54 bits per heavy atom. The third-order valence-corrected chi connectivity index (χ3v) is 9.20. The number of amidine groups is 1. The number of aliphatic hydroxyl groups is 1. The first-order chi connectivity index (χ1) is 23.1. The second kappa shape index (κ2) is 14.1. The average Bonchev–Trinajstić information content (AvgIpc) is 3.49. The second-order valence-electron chi connectivity index (χ2n) is 13.8. The van der Waals surface area contributed by atoms with Gasteiger partial charge in [-0.05, 0) is 80.0 Å².